The summed E-state index contributed by atoms with van der Waals surface area (Å²) in [6.07, 6.45) is 4.29. The molecular formula is C15H20O4. The molecule has 0 bridgehead atoms. The molecule has 0 atom stereocenters. The van der Waals surface area contributed by atoms with Gasteiger partial charge in [0.05, 0.1) is 19.6 Å². The highest BCUT2D eigenvalue weighted by Crippen LogP contribution is 2.46. The van der Waals surface area contributed by atoms with Gasteiger partial charge in [-0.25, -0.2) is 0 Å². The fourth-order valence-corrected chi connectivity index (χ4v) is 3.02. The monoisotopic (exact) mass is 264 g/mol. The fraction of sp³-hybridized carbons (Fsp3) is 0.533. The summed E-state index contributed by atoms with van der Waals surface area (Å²) in [5.41, 5.74) is -0.0976. The molecule has 0 heterocycles. The lowest BCUT2D eigenvalue weighted by molar-refractivity contribution is -0.145. The van der Waals surface area contributed by atoms with Crippen molar-refractivity contribution in [1.82, 2.24) is 0 Å². The average Bonchev–Trinajstić information content (AvgIpc) is 2.46. The molecule has 0 aliphatic heterocycles. The quantitative estimate of drug-likeness (QED) is 0.908. The van der Waals surface area contributed by atoms with Crippen LogP contribution in [0.15, 0.2) is 18.2 Å². The Balaban J connectivity index is 2.56. The van der Waals surface area contributed by atoms with Gasteiger partial charge >= 0.3 is 5.97 Å². The van der Waals surface area contributed by atoms with Gasteiger partial charge in [-0.05, 0) is 18.9 Å². The minimum absolute atomic E-state index is 0.550. The van der Waals surface area contributed by atoms with E-state index in [1.54, 1.807) is 20.3 Å². The van der Waals surface area contributed by atoms with Crippen LogP contribution in [0.3, 0.4) is 0 Å². The van der Waals surface area contributed by atoms with Crippen LogP contribution in [-0.2, 0) is 10.2 Å². The molecule has 1 aromatic rings. The Bertz CT molecular complexity index is 461. The van der Waals surface area contributed by atoms with Crippen molar-refractivity contribution in [3.63, 3.8) is 0 Å². The Morgan fingerprint density at radius 3 is 2.37 bits per heavy atom. The van der Waals surface area contributed by atoms with E-state index in [2.05, 4.69) is 0 Å². The average molecular weight is 264 g/mol. The van der Waals surface area contributed by atoms with Gasteiger partial charge in [-0.15, -0.1) is 0 Å². The number of carboxylic acid groups (broad SMARTS) is 1. The number of ether oxygens (including phenoxy) is 2. The molecular weight excluding hydrogens is 244 g/mol. The van der Waals surface area contributed by atoms with Crippen molar-refractivity contribution in [1.29, 1.82) is 0 Å². The Morgan fingerprint density at radius 2 is 1.84 bits per heavy atom. The zero-order chi connectivity index (χ0) is 13.9. The fourth-order valence-electron chi connectivity index (χ4n) is 3.02. The van der Waals surface area contributed by atoms with Crippen LogP contribution in [0.1, 0.15) is 37.7 Å². The first-order chi connectivity index (χ1) is 9.15. The maximum absolute atomic E-state index is 11.8. The number of para-hydroxylation sites is 1. The lowest BCUT2D eigenvalue weighted by Crippen LogP contribution is -2.38. The molecule has 0 radical (unpaired) electrons. The third kappa shape index (κ3) is 2.27. The molecule has 4 nitrogen and oxygen atoms in total. The number of hydrogen-bond acceptors (Lipinski definition) is 3. The summed E-state index contributed by atoms with van der Waals surface area (Å²) in [6.45, 7) is 0. The molecule has 1 aromatic carbocycles. The van der Waals surface area contributed by atoms with Gasteiger partial charge in [-0.3, -0.25) is 4.79 Å². The van der Waals surface area contributed by atoms with Crippen LogP contribution >= 0.6 is 0 Å². The number of rotatable bonds is 4. The van der Waals surface area contributed by atoms with Crippen molar-refractivity contribution in [2.75, 3.05) is 14.2 Å². The second kappa shape index (κ2) is 5.51. The maximum atomic E-state index is 11.8. The molecule has 1 aliphatic rings. The summed E-state index contributed by atoms with van der Waals surface area (Å²) in [6, 6.07) is 5.47. The smallest absolute Gasteiger partial charge is 0.314 e. The highest BCUT2D eigenvalue weighted by Gasteiger charge is 2.43. The molecule has 0 spiro atoms. The van der Waals surface area contributed by atoms with Gasteiger partial charge in [0.1, 0.15) is 0 Å². The molecule has 2 rings (SSSR count). The van der Waals surface area contributed by atoms with E-state index < -0.39 is 11.4 Å². The number of benzene rings is 1. The number of aliphatic carboxylic acids is 1. The van der Waals surface area contributed by atoms with Crippen molar-refractivity contribution < 1.29 is 19.4 Å². The van der Waals surface area contributed by atoms with Gasteiger partial charge < -0.3 is 14.6 Å². The van der Waals surface area contributed by atoms with E-state index in [0.29, 0.717) is 24.3 Å². The van der Waals surface area contributed by atoms with E-state index >= 15 is 0 Å². The lowest BCUT2D eigenvalue weighted by atomic mass is 9.69. The lowest BCUT2D eigenvalue weighted by Gasteiger charge is -2.34. The van der Waals surface area contributed by atoms with Crippen LogP contribution in [0.4, 0.5) is 0 Å². The molecule has 19 heavy (non-hydrogen) atoms. The summed E-state index contributed by atoms with van der Waals surface area (Å²) in [5.74, 6) is 0.374. The molecule has 1 N–H and O–H groups in total. The van der Waals surface area contributed by atoms with Crippen LogP contribution < -0.4 is 9.47 Å². The first-order valence-corrected chi connectivity index (χ1v) is 6.60. The van der Waals surface area contributed by atoms with E-state index in [9.17, 15) is 9.90 Å². The topological polar surface area (TPSA) is 55.8 Å². The summed E-state index contributed by atoms with van der Waals surface area (Å²) < 4.78 is 10.7. The Labute approximate surface area is 113 Å². The Hall–Kier alpha value is -1.71. The molecule has 0 saturated heterocycles. The Morgan fingerprint density at radius 1 is 1.16 bits per heavy atom. The molecule has 1 aliphatic carbocycles. The summed E-state index contributed by atoms with van der Waals surface area (Å²) >= 11 is 0. The van der Waals surface area contributed by atoms with Gasteiger partial charge in [0.25, 0.3) is 0 Å². The molecule has 0 unspecified atom stereocenters. The molecule has 0 amide bonds. The van der Waals surface area contributed by atoms with Gasteiger partial charge in [0.15, 0.2) is 11.5 Å². The van der Waals surface area contributed by atoms with Gasteiger partial charge in [-0.2, -0.15) is 0 Å². The second-order valence-electron chi connectivity index (χ2n) is 4.99. The van der Waals surface area contributed by atoms with E-state index in [1.165, 1.54) is 0 Å². The van der Waals surface area contributed by atoms with E-state index in [4.69, 9.17) is 9.47 Å². The minimum Gasteiger partial charge on any atom is -0.493 e. The van der Waals surface area contributed by atoms with Crippen molar-refractivity contribution in [2.45, 2.75) is 37.5 Å². The van der Waals surface area contributed by atoms with Crippen LogP contribution in [0.2, 0.25) is 0 Å². The first-order valence-electron chi connectivity index (χ1n) is 6.60. The van der Waals surface area contributed by atoms with Crippen molar-refractivity contribution in [3.8, 4) is 11.5 Å². The van der Waals surface area contributed by atoms with E-state index in [-0.39, 0.29) is 0 Å². The maximum Gasteiger partial charge on any atom is 0.314 e. The summed E-state index contributed by atoms with van der Waals surface area (Å²) in [7, 11) is 3.12. The Kier molecular flexibility index (Phi) is 3.98. The van der Waals surface area contributed by atoms with E-state index in [1.807, 2.05) is 12.1 Å². The second-order valence-corrected chi connectivity index (χ2v) is 4.99. The third-order valence-corrected chi connectivity index (χ3v) is 4.04. The summed E-state index contributed by atoms with van der Waals surface area (Å²) in [5, 5.41) is 9.73. The zero-order valence-corrected chi connectivity index (χ0v) is 11.4. The number of methoxy groups -OCH3 is 2. The highest BCUT2D eigenvalue weighted by molar-refractivity contribution is 5.83. The normalized spacial score (nSPS) is 17.8. The molecule has 104 valence electrons. The third-order valence-electron chi connectivity index (χ3n) is 4.04. The van der Waals surface area contributed by atoms with Crippen LogP contribution in [0.5, 0.6) is 11.5 Å². The zero-order valence-electron chi connectivity index (χ0n) is 11.4. The van der Waals surface area contributed by atoms with Gasteiger partial charge in [0.2, 0.25) is 0 Å². The van der Waals surface area contributed by atoms with Crippen molar-refractivity contribution in [2.24, 2.45) is 0 Å². The van der Waals surface area contributed by atoms with Crippen LogP contribution in [-0.4, -0.2) is 25.3 Å². The number of carbonyl (C=O) groups is 1. The van der Waals surface area contributed by atoms with Crippen molar-refractivity contribution in [3.05, 3.63) is 23.8 Å². The van der Waals surface area contributed by atoms with Crippen LogP contribution in [0, 0.1) is 0 Å². The minimum atomic E-state index is -0.835. The number of carboxylic acids is 1. The molecule has 1 saturated carbocycles. The molecule has 1 fully saturated rings. The largest absolute Gasteiger partial charge is 0.493 e. The summed E-state index contributed by atoms with van der Waals surface area (Å²) in [4.78, 5) is 11.8. The standard InChI is InChI=1S/C15H20O4/c1-18-12-8-6-7-11(13(12)19-2)15(14(16)17)9-4-3-5-10-15/h6-8H,3-5,9-10H2,1-2H3,(H,16,17). The van der Waals surface area contributed by atoms with Crippen LogP contribution in [0.25, 0.3) is 0 Å². The van der Waals surface area contributed by atoms with Crippen molar-refractivity contribution >= 4 is 5.97 Å². The molecule has 0 aromatic heterocycles. The number of hydrogen-bond donors (Lipinski definition) is 1. The van der Waals surface area contributed by atoms with Gasteiger partial charge in [-0.1, -0.05) is 31.4 Å². The predicted octanol–water partition coefficient (Wildman–Crippen LogP) is 2.99. The van der Waals surface area contributed by atoms with Gasteiger partial charge in [0, 0.05) is 5.56 Å². The highest BCUT2D eigenvalue weighted by atomic mass is 16.5. The molecule has 4 heteroatoms. The SMILES string of the molecule is COc1cccc(C2(C(=O)O)CCCCC2)c1OC. The predicted molar refractivity (Wildman–Crippen MR) is 71.9 cm³/mol. The van der Waals surface area contributed by atoms with E-state index in [0.717, 1.165) is 24.8 Å². The first kappa shape index (κ1) is 13.7.